The third-order valence-electron chi connectivity index (χ3n) is 1.74. The third kappa shape index (κ3) is 4.46. The Balaban J connectivity index is 0.000000171. The lowest BCUT2D eigenvalue weighted by atomic mass is 10.3. The van der Waals surface area contributed by atoms with Gasteiger partial charge in [0.2, 0.25) is 0 Å². The van der Waals surface area contributed by atoms with E-state index in [4.69, 9.17) is 10.2 Å². The minimum absolute atomic E-state index is 0.0893. The van der Waals surface area contributed by atoms with Gasteiger partial charge in [-0.05, 0) is 36.4 Å². The Morgan fingerprint density at radius 3 is 1.65 bits per heavy atom. The van der Waals surface area contributed by atoms with E-state index in [0.29, 0.717) is 6.07 Å². The van der Waals surface area contributed by atoms with Crippen LogP contribution in [-0.2, 0) is 0 Å². The number of phenols is 2. The monoisotopic (exact) mass is 242 g/mol. The molecule has 0 heterocycles. The molecule has 0 saturated carbocycles. The first-order valence-corrected chi connectivity index (χ1v) is 4.57. The first-order valence-electron chi connectivity index (χ1n) is 4.57. The van der Waals surface area contributed by atoms with Crippen LogP contribution in [0.15, 0.2) is 42.5 Å². The zero-order valence-corrected chi connectivity index (χ0v) is 8.57. The van der Waals surface area contributed by atoms with Crippen molar-refractivity contribution in [3.8, 4) is 11.5 Å². The molecule has 0 aliphatic heterocycles. The number of benzene rings is 2. The third-order valence-corrected chi connectivity index (χ3v) is 1.74. The molecule has 0 aromatic heterocycles. The molecule has 0 radical (unpaired) electrons. The van der Waals surface area contributed by atoms with E-state index in [1.165, 1.54) is 24.3 Å². The maximum Gasteiger partial charge on any atom is 0.167 e. The Morgan fingerprint density at radius 2 is 1.24 bits per heavy atom. The lowest BCUT2D eigenvalue weighted by Gasteiger charge is -1.91. The predicted octanol–water partition coefficient (Wildman–Crippen LogP) is 3.20. The minimum Gasteiger partial charge on any atom is -0.508 e. The molecular weight excluding hydrogens is 233 g/mol. The highest BCUT2D eigenvalue weighted by Gasteiger charge is 1.98. The van der Waals surface area contributed by atoms with Gasteiger partial charge in [0, 0.05) is 6.07 Å². The van der Waals surface area contributed by atoms with Crippen LogP contribution in [0.3, 0.4) is 0 Å². The van der Waals surface area contributed by atoms with Crippen molar-refractivity contribution in [2.24, 2.45) is 0 Å². The van der Waals surface area contributed by atoms with E-state index in [-0.39, 0.29) is 11.6 Å². The summed E-state index contributed by atoms with van der Waals surface area (Å²) in [7, 11) is 0. The van der Waals surface area contributed by atoms with Gasteiger partial charge in [-0.25, -0.2) is 13.2 Å². The fourth-order valence-electron chi connectivity index (χ4n) is 0.922. The number of halogens is 3. The summed E-state index contributed by atoms with van der Waals surface area (Å²) in [5, 5.41) is 17.1. The fraction of sp³-hybridized carbons (Fsp3) is 0. The van der Waals surface area contributed by atoms with Crippen LogP contribution in [-0.4, -0.2) is 10.2 Å². The first-order chi connectivity index (χ1) is 7.99. The van der Waals surface area contributed by atoms with Gasteiger partial charge in [-0.15, -0.1) is 0 Å². The number of hydrogen-bond acceptors (Lipinski definition) is 2. The molecule has 0 bridgehead atoms. The number of rotatable bonds is 0. The minimum atomic E-state index is -0.935. The van der Waals surface area contributed by atoms with Gasteiger partial charge in [-0.1, -0.05) is 0 Å². The fourth-order valence-corrected chi connectivity index (χ4v) is 0.922. The lowest BCUT2D eigenvalue weighted by molar-refractivity contribution is 0.428. The summed E-state index contributed by atoms with van der Waals surface area (Å²) >= 11 is 0. The zero-order valence-electron chi connectivity index (χ0n) is 8.57. The second-order valence-electron chi connectivity index (χ2n) is 3.07. The van der Waals surface area contributed by atoms with Gasteiger partial charge < -0.3 is 10.2 Å². The summed E-state index contributed by atoms with van der Waals surface area (Å²) in [5.41, 5.74) is 0. The molecule has 0 atom stereocenters. The molecule has 17 heavy (non-hydrogen) atoms. The van der Waals surface area contributed by atoms with Crippen LogP contribution >= 0.6 is 0 Å². The molecule has 2 aromatic carbocycles. The van der Waals surface area contributed by atoms with E-state index in [0.717, 1.165) is 12.1 Å². The second-order valence-corrected chi connectivity index (χ2v) is 3.07. The molecule has 0 aliphatic rings. The Hall–Kier alpha value is -2.17. The lowest BCUT2D eigenvalue weighted by Crippen LogP contribution is -1.77. The molecule has 0 aliphatic carbocycles. The predicted molar refractivity (Wildman–Crippen MR) is 56.1 cm³/mol. The van der Waals surface area contributed by atoms with Gasteiger partial charge in [0.15, 0.2) is 11.6 Å². The molecule has 5 heteroatoms. The van der Waals surface area contributed by atoms with E-state index in [1.807, 2.05) is 0 Å². The molecule has 0 saturated heterocycles. The Labute approximate surface area is 95.6 Å². The van der Waals surface area contributed by atoms with E-state index in [2.05, 4.69) is 0 Å². The van der Waals surface area contributed by atoms with Crippen LogP contribution in [0.1, 0.15) is 0 Å². The van der Waals surface area contributed by atoms with Gasteiger partial charge in [-0.2, -0.15) is 0 Å². The maximum absolute atomic E-state index is 12.1. The summed E-state index contributed by atoms with van der Waals surface area (Å²) in [6.07, 6.45) is 0. The summed E-state index contributed by atoms with van der Waals surface area (Å²) in [5.74, 6) is -2.40. The number of hydrogen-bond donors (Lipinski definition) is 2. The van der Waals surface area contributed by atoms with E-state index < -0.39 is 17.4 Å². The van der Waals surface area contributed by atoms with Gasteiger partial charge >= 0.3 is 0 Å². The number of aromatic hydroxyl groups is 2. The van der Waals surface area contributed by atoms with Crippen molar-refractivity contribution in [2.45, 2.75) is 0 Å². The summed E-state index contributed by atoms with van der Waals surface area (Å²) < 4.78 is 36.1. The van der Waals surface area contributed by atoms with Gasteiger partial charge in [0.1, 0.15) is 17.4 Å². The topological polar surface area (TPSA) is 40.5 Å². The molecule has 90 valence electrons. The van der Waals surface area contributed by atoms with E-state index in [9.17, 15) is 13.2 Å². The molecule has 0 unspecified atom stereocenters. The van der Waals surface area contributed by atoms with Crippen molar-refractivity contribution in [1.82, 2.24) is 0 Å². The average molecular weight is 242 g/mol. The molecule has 2 aromatic rings. The van der Waals surface area contributed by atoms with Crippen molar-refractivity contribution in [3.63, 3.8) is 0 Å². The molecule has 2 nitrogen and oxygen atoms in total. The molecule has 2 N–H and O–H groups in total. The van der Waals surface area contributed by atoms with Crippen molar-refractivity contribution in [3.05, 3.63) is 59.9 Å². The van der Waals surface area contributed by atoms with Crippen LogP contribution in [0.5, 0.6) is 11.5 Å². The molecular formula is C12H9F3O2. The molecule has 2 rings (SSSR count). The summed E-state index contributed by atoms with van der Waals surface area (Å²) in [6, 6.07) is 7.58. The second kappa shape index (κ2) is 5.79. The van der Waals surface area contributed by atoms with Crippen LogP contribution < -0.4 is 0 Å². The van der Waals surface area contributed by atoms with Crippen molar-refractivity contribution in [2.75, 3.05) is 0 Å². The Kier molecular flexibility index (Phi) is 4.39. The highest BCUT2D eigenvalue weighted by atomic mass is 19.1. The SMILES string of the molecule is Oc1ccc(F)cc1.Oc1ccc(F)cc1F. The van der Waals surface area contributed by atoms with Crippen LogP contribution in [0.4, 0.5) is 13.2 Å². The van der Waals surface area contributed by atoms with Crippen LogP contribution in [0, 0.1) is 17.5 Å². The standard InChI is InChI=1S/C6H4F2O.C6H5FO/c7-4-1-2-6(9)5(8)3-4;7-5-1-3-6(8)4-2-5/h1-3,9H;1-4,8H. The molecule has 0 spiro atoms. The van der Waals surface area contributed by atoms with E-state index in [1.54, 1.807) is 0 Å². The molecule has 0 amide bonds. The summed E-state index contributed by atoms with van der Waals surface area (Å²) in [6.45, 7) is 0. The Morgan fingerprint density at radius 1 is 0.706 bits per heavy atom. The van der Waals surface area contributed by atoms with Crippen molar-refractivity contribution >= 4 is 0 Å². The Bertz CT molecular complexity index is 463. The quantitative estimate of drug-likeness (QED) is 0.744. The van der Waals surface area contributed by atoms with Crippen molar-refractivity contribution < 1.29 is 23.4 Å². The van der Waals surface area contributed by atoms with Gasteiger partial charge in [0.05, 0.1) is 0 Å². The van der Waals surface area contributed by atoms with Gasteiger partial charge in [0.25, 0.3) is 0 Å². The first kappa shape index (κ1) is 12.9. The van der Waals surface area contributed by atoms with Crippen LogP contribution in [0.25, 0.3) is 0 Å². The molecule has 0 fully saturated rings. The smallest absolute Gasteiger partial charge is 0.167 e. The summed E-state index contributed by atoms with van der Waals surface area (Å²) in [4.78, 5) is 0. The largest absolute Gasteiger partial charge is 0.508 e. The van der Waals surface area contributed by atoms with Gasteiger partial charge in [-0.3, -0.25) is 0 Å². The maximum atomic E-state index is 12.1. The van der Waals surface area contributed by atoms with E-state index >= 15 is 0 Å². The van der Waals surface area contributed by atoms with Crippen molar-refractivity contribution in [1.29, 1.82) is 0 Å². The normalized spacial score (nSPS) is 9.35. The van der Waals surface area contributed by atoms with Crippen LogP contribution in [0.2, 0.25) is 0 Å². The highest BCUT2D eigenvalue weighted by molar-refractivity contribution is 5.22. The average Bonchev–Trinajstić information content (AvgIpc) is 2.29. The zero-order chi connectivity index (χ0) is 12.8. The number of phenolic OH excluding ortho intramolecular Hbond substituents is 2. The highest BCUT2D eigenvalue weighted by Crippen LogP contribution is 2.14.